The standard InChI is InChI=1S/C16H23NO4S/c1-4-22(19,20)15-8-6-5-7-14(15)17-10-9-13(12(2)11-17)16(18)21-3/h5-8,12-13H,4,9-11H2,1-3H3/t12-,13+/m1/s1. The second-order valence-corrected chi connectivity index (χ2v) is 7.96. The fourth-order valence-electron chi connectivity index (χ4n) is 3.00. The zero-order chi connectivity index (χ0) is 16.3. The number of esters is 1. The van der Waals surface area contributed by atoms with E-state index in [0.29, 0.717) is 24.4 Å². The van der Waals surface area contributed by atoms with E-state index in [0.717, 1.165) is 5.69 Å². The van der Waals surface area contributed by atoms with E-state index in [1.807, 2.05) is 19.1 Å². The number of nitrogens with zero attached hydrogens (tertiary/aromatic N) is 1. The van der Waals surface area contributed by atoms with Crippen molar-refractivity contribution in [3.63, 3.8) is 0 Å². The molecule has 1 aromatic rings. The van der Waals surface area contributed by atoms with Gasteiger partial charge >= 0.3 is 5.97 Å². The van der Waals surface area contributed by atoms with E-state index in [2.05, 4.69) is 4.90 Å². The number of benzene rings is 1. The van der Waals surface area contributed by atoms with Crippen LogP contribution in [0.2, 0.25) is 0 Å². The van der Waals surface area contributed by atoms with Crippen molar-refractivity contribution < 1.29 is 17.9 Å². The molecule has 1 fully saturated rings. The van der Waals surface area contributed by atoms with Crippen molar-refractivity contribution in [2.75, 3.05) is 30.9 Å². The molecule has 0 bridgehead atoms. The molecule has 0 N–H and O–H groups in total. The molecule has 0 unspecified atom stereocenters. The van der Waals surface area contributed by atoms with E-state index in [4.69, 9.17) is 4.74 Å². The largest absolute Gasteiger partial charge is 0.469 e. The first-order valence-corrected chi connectivity index (χ1v) is 9.20. The normalized spacial score (nSPS) is 22.4. The number of methoxy groups -OCH3 is 1. The van der Waals surface area contributed by atoms with Crippen LogP contribution < -0.4 is 4.90 Å². The Bertz CT molecular complexity index is 641. The lowest BCUT2D eigenvalue weighted by atomic mass is 9.86. The third kappa shape index (κ3) is 3.27. The van der Waals surface area contributed by atoms with Crippen LogP contribution in [0, 0.1) is 11.8 Å². The molecule has 1 heterocycles. The molecular formula is C16H23NO4S. The van der Waals surface area contributed by atoms with Gasteiger partial charge in [0, 0.05) is 13.1 Å². The number of hydrogen-bond donors (Lipinski definition) is 0. The lowest BCUT2D eigenvalue weighted by Gasteiger charge is -2.37. The fourth-order valence-corrected chi connectivity index (χ4v) is 4.12. The van der Waals surface area contributed by atoms with E-state index in [-0.39, 0.29) is 23.6 Å². The van der Waals surface area contributed by atoms with Crippen LogP contribution in [0.4, 0.5) is 5.69 Å². The lowest BCUT2D eigenvalue weighted by molar-refractivity contribution is -0.147. The Labute approximate surface area is 132 Å². The van der Waals surface area contributed by atoms with Crippen molar-refractivity contribution in [3.05, 3.63) is 24.3 Å². The highest BCUT2D eigenvalue weighted by Gasteiger charge is 2.33. The summed E-state index contributed by atoms with van der Waals surface area (Å²) >= 11 is 0. The van der Waals surface area contributed by atoms with Gasteiger partial charge in [0.05, 0.1) is 29.4 Å². The van der Waals surface area contributed by atoms with Crippen molar-refractivity contribution in [3.8, 4) is 0 Å². The summed E-state index contributed by atoms with van der Waals surface area (Å²) in [6.45, 7) is 4.96. The molecule has 122 valence electrons. The minimum absolute atomic E-state index is 0.0815. The fraction of sp³-hybridized carbons (Fsp3) is 0.562. The zero-order valence-electron chi connectivity index (χ0n) is 13.3. The highest BCUT2D eigenvalue weighted by molar-refractivity contribution is 7.91. The van der Waals surface area contributed by atoms with Crippen LogP contribution in [0.3, 0.4) is 0 Å². The second kappa shape index (κ2) is 6.69. The number of para-hydroxylation sites is 1. The summed E-state index contributed by atoms with van der Waals surface area (Å²) in [6, 6.07) is 7.09. The Hall–Kier alpha value is -1.56. The first-order chi connectivity index (χ1) is 10.4. The monoisotopic (exact) mass is 325 g/mol. The Balaban J connectivity index is 2.27. The van der Waals surface area contributed by atoms with Gasteiger partial charge in [-0.05, 0) is 24.5 Å². The molecule has 0 radical (unpaired) electrons. The molecule has 2 atom stereocenters. The molecule has 0 spiro atoms. The van der Waals surface area contributed by atoms with E-state index >= 15 is 0 Å². The summed E-state index contributed by atoms with van der Waals surface area (Å²) in [7, 11) is -1.86. The zero-order valence-corrected chi connectivity index (χ0v) is 14.1. The van der Waals surface area contributed by atoms with Gasteiger partial charge < -0.3 is 9.64 Å². The van der Waals surface area contributed by atoms with Gasteiger partial charge in [-0.2, -0.15) is 0 Å². The molecule has 0 amide bonds. The third-order valence-electron chi connectivity index (χ3n) is 4.33. The summed E-state index contributed by atoms with van der Waals surface area (Å²) in [5.41, 5.74) is 0.736. The maximum absolute atomic E-state index is 12.3. The van der Waals surface area contributed by atoms with Gasteiger partial charge in [-0.15, -0.1) is 0 Å². The molecule has 2 rings (SSSR count). The van der Waals surface area contributed by atoms with Gasteiger partial charge in [-0.1, -0.05) is 26.0 Å². The Kier molecular flexibility index (Phi) is 5.11. The van der Waals surface area contributed by atoms with Crippen LogP contribution in [-0.2, 0) is 19.4 Å². The highest BCUT2D eigenvalue weighted by atomic mass is 32.2. The van der Waals surface area contributed by atoms with Crippen LogP contribution in [0.1, 0.15) is 20.3 Å². The Morgan fingerprint density at radius 1 is 1.36 bits per heavy atom. The first kappa shape index (κ1) is 16.8. The van der Waals surface area contributed by atoms with Crippen molar-refractivity contribution in [2.45, 2.75) is 25.2 Å². The second-order valence-electron chi connectivity index (χ2n) is 5.71. The highest BCUT2D eigenvalue weighted by Crippen LogP contribution is 2.32. The van der Waals surface area contributed by atoms with Gasteiger partial charge in [0.2, 0.25) is 0 Å². The number of anilines is 1. The summed E-state index contributed by atoms with van der Waals surface area (Å²) < 4.78 is 29.4. The van der Waals surface area contributed by atoms with Crippen molar-refractivity contribution in [1.82, 2.24) is 0 Å². The smallest absolute Gasteiger partial charge is 0.309 e. The number of rotatable bonds is 4. The first-order valence-electron chi connectivity index (χ1n) is 7.55. The predicted molar refractivity (Wildman–Crippen MR) is 85.7 cm³/mol. The maximum Gasteiger partial charge on any atom is 0.309 e. The summed E-state index contributed by atoms with van der Waals surface area (Å²) in [4.78, 5) is 14.2. The minimum Gasteiger partial charge on any atom is -0.469 e. The van der Waals surface area contributed by atoms with Gasteiger partial charge in [-0.3, -0.25) is 4.79 Å². The molecule has 22 heavy (non-hydrogen) atoms. The lowest BCUT2D eigenvalue weighted by Crippen LogP contribution is -2.43. The molecule has 0 aromatic heterocycles. The van der Waals surface area contributed by atoms with Crippen LogP contribution in [0.5, 0.6) is 0 Å². The number of hydrogen-bond acceptors (Lipinski definition) is 5. The van der Waals surface area contributed by atoms with Crippen LogP contribution in [0.15, 0.2) is 29.2 Å². The number of carbonyl (C=O) groups is 1. The van der Waals surface area contributed by atoms with Crippen LogP contribution >= 0.6 is 0 Å². The molecule has 1 aliphatic heterocycles. The number of sulfone groups is 1. The molecule has 1 aromatic carbocycles. The van der Waals surface area contributed by atoms with Gasteiger partial charge in [0.1, 0.15) is 0 Å². The molecule has 0 aliphatic carbocycles. The molecule has 5 nitrogen and oxygen atoms in total. The molecule has 0 saturated carbocycles. The molecular weight excluding hydrogens is 302 g/mol. The van der Waals surface area contributed by atoms with Gasteiger partial charge in [0.15, 0.2) is 9.84 Å². The van der Waals surface area contributed by atoms with E-state index in [9.17, 15) is 13.2 Å². The number of ether oxygens (including phenoxy) is 1. The minimum atomic E-state index is -3.26. The number of piperidine rings is 1. The SMILES string of the molecule is CCS(=O)(=O)c1ccccc1N1CC[C@H](C(=O)OC)[C@H](C)C1. The van der Waals surface area contributed by atoms with Crippen LogP contribution in [0.25, 0.3) is 0 Å². The summed E-state index contributed by atoms with van der Waals surface area (Å²) in [5.74, 6) is -0.0885. The third-order valence-corrected chi connectivity index (χ3v) is 6.11. The quantitative estimate of drug-likeness (QED) is 0.794. The summed E-state index contributed by atoms with van der Waals surface area (Å²) in [6.07, 6.45) is 0.675. The number of carbonyl (C=O) groups excluding carboxylic acids is 1. The Morgan fingerprint density at radius 3 is 2.64 bits per heavy atom. The molecule has 6 heteroatoms. The molecule has 1 aliphatic rings. The van der Waals surface area contributed by atoms with E-state index in [1.165, 1.54) is 7.11 Å². The van der Waals surface area contributed by atoms with Crippen molar-refractivity contribution in [1.29, 1.82) is 0 Å². The van der Waals surface area contributed by atoms with Crippen molar-refractivity contribution in [2.24, 2.45) is 11.8 Å². The maximum atomic E-state index is 12.3. The van der Waals surface area contributed by atoms with Gasteiger partial charge in [-0.25, -0.2) is 8.42 Å². The molecule has 1 saturated heterocycles. The van der Waals surface area contributed by atoms with Crippen molar-refractivity contribution >= 4 is 21.5 Å². The Morgan fingerprint density at radius 2 is 2.05 bits per heavy atom. The predicted octanol–water partition coefficient (Wildman–Crippen LogP) is 2.12. The topological polar surface area (TPSA) is 63.7 Å². The average molecular weight is 325 g/mol. The van der Waals surface area contributed by atoms with Crippen LogP contribution in [-0.4, -0.2) is 40.3 Å². The van der Waals surface area contributed by atoms with E-state index in [1.54, 1.807) is 19.1 Å². The van der Waals surface area contributed by atoms with E-state index < -0.39 is 9.84 Å². The summed E-state index contributed by atoms with van der Waals surface area (Å²) in [5, 5.41) is 0. The average Bonchev–Trinajstić information content (AvgIpc) is 2.54. The van der Waals surface area contributed by atoms with Gasteiger partial charge in [0.25, 0.3) is 0 Å².